The van der Waals surface area contributed by atoms with Gasteiger partial charge in [-0.2, -0.15) is 0 Å². The fourth-order valence-corrected chi connectivity index (χ4v) is 2.16. The molecule has 0 aliphatic heterocycles. The van der Waals surface area contributed by atoms with Crippen LogP contribution in [-0.4, -0.2) is 4.98 Å². The van der Waals surface area contributed by atoms with Gasteiger partial charge in [0, 0.05) is 17.1 Å². The van der Waals surface area contributed by atoms with Crippen LogP contribution in [0, 0.1) is 11.6 Å². The summed E-state index contributed by atoms with van der Waals surface area (Å²) in [4.78, 5) is 4.19. The van der Waals surface area contributed by atoms with Gasteiger partial charge in [0.2, 0.25) is 0 Å². The number of nitrogens with zero attached hydrogens (tertiary/aromatic N) is 1. The molecule has 1 nitrogen and oxygen atoms in total. The van der Waals surface area contributed by atoms with Crippen LogP contribution in [0.2, 0.25) is 5.02 Å². The monoisotopic (exact) mass is 275 g/mol. The van der Waals surface area contributed by atoms with Crippen molar-refractivity contribution in [2.24, 2.45) is 0 Å². The van der Waals surface area contributed by atoms with Gasteiger partial charge in [-0.15, -0.1) is 0 Å². The van der Waals surface area contributed by atoms with Crippen LogP contribution in [0.4, 0.5) is 8.78 Å². The molecule has 3 rings (SSSR count). The lowest BCUT2D eigenvalue weighted by Gasteiger charge is -2.07. The maximum atomic E-state index is 13.9. The molecule has 0 bridgehead atoms. The summed E-state index contributed by atoms with van der Waals surface area (Å²) in [6.07, 6.45) is 1.44. The first kappa shape index (κ1) is 12.1. The van der Waals surface area contributed by atoms with E-state index in [2.05, 4.69) is 4.98 Å². The van der Waals surface area contributed by atoms with Crippen LogP contribution < -0.4 is 0 Å². The molecule has 0 aliphatic carbocycles. The number of aromatic nitrogens is 1. The van der Waals surface area contributed by atoms with Crippen LogP contribution in [0.3, 0.4) is 0 Å². The highest BCUT2D eigenvalue weighted by Gasteiger charge is 2.15. The second-order valence-corrected chi connectivity index (χ2v) is 4.54. The molecule has 19 heavy (non-hydrogen) atoms. The van der Waals surface area contributed by atoms with Gasteiger partial charge in [0.25, 0.3) is 0 Å². The summed E-state index contributed by atoms with van der Waals surface area (Å²) >= 11 is 5.69. The van der Waals surface area contributed by atoms with E-state index in [4.69, 9.17) is 11.6 Å². The Morgan fingerprint density at radius 3 is 2.63 bits per heavy atom. The van der Waals surface area contributed by atoms with Crippen molar-refractivity contribution in [1.82, 2.24) is 4.98 Å². The molecule has 1 aromatic heterocycles. The minimum Gasteiger partial charge on any atom is -0.256 e. The molecule has 0 N–H and O–H groups in total. The average Bonchev–Trinajstić information content (AvgIpc) is 2.43. The zero-order chi connectivity index (χ0) is 13.4. The van der Waals surface area contributed by atoms with Crippen molar-refractivity contribution in [3.63, 3.8) is 0 Å². The van der Waals surface area contributed by atoms with Gasteiger partial charge in [-0.25, -0.2) is 8.78 Å². The van der Waals surface area contributed by atoms with Gasteiger partial charge in [0.1, 0.15) is 5.82 Å². The average molecular weight is 276 g/mol. The van der Waals surface area contributed by atoms with E-state index in [0.717, 1.165) is 17.0 Å². The molecule has 4 heteroatoms. The third-order valence-corrected chi connectivity index (χ3v) is 3.22. The number of halogens is 3. The molecule has 1 heterocycles. The van der Waals surface area contributed by atoms with E-state index in [9.17, 15) is 8.78 Å². The van der Waals surface area contributed by atoms with Gasteiger partial charge < -0.3 is 0 Å². The predicted octanol–water partition coefficient (Wildman–Crippen LogP) is 4.83. The van der Waals surface area contributed by atoms with Gasteiger partial charge in [0.05, 0.1) is 16.1 Å². The van der Waals surface area contributed by atoms with E-state index >= 15 is 0 Å². The largest absolute Gasteiger partial charge is 0.256 e. The van der Waals surface area contributed by atoms with E-state index in [1.54, 1.807) is 6.07 Å². The van der Waals surface area contributed by atoms with Crippen LogP contribution in [0.25, 0.3) is 22.0 Å². The van der Waals surface area contributed by atoms with E-state index in [1.165, 1.54) is 12.3 Å². The number of benzene rings is 2. The molecule has 0 fully saturated rings. The second-order valence-electron chi connectivity index (χ2n) is 4.13. The number of hydrogen-bond donors (Lipinski definition) is 0. The molecular weight excluding hydrogens is 268 g/mol. The maximum Gasteiger partial charge on any atom is 0.152 e. The molecule has 3 aromatic rings. The van der Waals surface area contributed by atoms with Crippen molar-refractivity contribution in [2.45, 2.75) is 0 Å². The van der Waals surface area contributed by atoms with Gasteiger partial charge in [-0.05, 0) is 24.3 Å². The summed E-state index contributed by atoms with van der Waals surface area (Å²) in [6, 6.07) is 11.4. The van der Waals surface area contributed by atoms with Gasteiger partial charge in [-0.3, -0.25) is 4.98 Å². The lowest BCUT2D eigenvalue weighted by molar-refractivity contribution is 0.590. The molecule has 0 atom stereocenters. The molecule has 0 saturated carbocycles. The zero-order valence-electron chi connectivity index (χ0n) is 9.70. The van der Waals surface area contributed by atoms with Crippen molar-refractivity contribution in [3.8, 4) is 11.1 Å². The predicted molar refractivity (Wildman–Crippen MR) is 72.1 cm³/mol. The van der Waals surface area contributed by atoms with Gasteiger partial charge in [0.15, 0.2) is 5.82 Å². The Hall–Kier alpha value is -2.00. The highest BCUT2D eigenvalue weighted by molar-refractivity contribution is 6.31. The third-order valence-electron chi connectivity index (χ3n) is 2.92. The minimum atomic E-state index is -0.765. The lowest BCUT2D eigenvalue weighted by atomic mass is 10.0. The van der Waals surface area contributed by atoms with E-state index < -0.39 is 11.6 Å². The standard InChI is InChI=1S/C15H8ClF2N/c16-11-5-6-12(17)14(15(11)18)10-7-9-3-1-2-4-13(9)19-8-10/h1-8H. The summed E-state index contributed by atoms with van der Waals surface area (Å²) in [5.41, 5.74) is 0.996. The smallest absolute Gasteiger partial charge is 0.152 e. The third kappa shape index (κ3) is 2.06. The summed E-state index contributed by atoms with van der Waals surface area (Å²) in [6.45, 7) is 0. The maximum absolute atomic E-state index is 13.9. The molecule has 0 radical (unpaired) electrons. The Kier molecular flexibility index (Phi) is 2.91. The molecule has 0 amide bonds. The van der Waals surface area contributed by atoms with Crippen molar-refractivity contribution in [2.75, 3.05) is 0 Å². The zero-order valence-corrected chi connectivity index (χ0v) is 10.5. The Morgan fingerprint density at radius 1 is 1.00 bits per heavy atom. The second kappa shape index (κ2) is 4.59. The number of fused-ring (bicyclic) bond motifs is 1. The first-order valence-corrected chi connectivity index (χ1v) is 6.03. The van der Waals surface area contributed by atoms with Crippen LogP contribution in [0.15, 0.2) is 48.7 Å². The number of hydrogen-bond acceptors (Lipinski definition) is 1. The fraction of sp³-hybridized carbons (Fsp3) is 0. The van der Waals surface area contributed by atoms with Crippen LogP contribution in [-0.2, 0) is 0 Å². The summed E-state index contributed by atoms with van der Waals surface area (Å²) < 4.78 is 27.7. The molecule has 0 spiro atoms. The van der Waals surface area contributed by atoms with Crippen molar-refractivity contribution in [1.29, 1.82) is 0 Å². The number of para-hydroxylation sites is 1. The van der Waals surface area contributed by atoms with Gasteiger partial charge in [-0.1, -0.05) is 29.8 Å². The molecule has 0 aliphatic rings. The summed E-state index contributed by atoms with van der Waals surface area (Å²) in [5.74, 6) is -1.42. The highest BCUT2D eigenvalue weighted by atomic mass is 35.5. The summed E-state index contributed by atoms with van der Waals surface area (Å²) in [7, 11) is 0. The first-order chi connectivity index (χ1) is 9.16. The Labute approximate surface area is 113 Å². The molecule has 0 unspecified atom stereocenters. The quantitative estimate of drug-likeness (QED) is 0.580. The molecule has 2 aromatic carbocycles. The first-order valence-electron chi connectivity index (χ1n) is 5.65. The van der Waals surface area contributed by atoms with Gasteiger partial charge >= 0.3 is 0 Å². The van der Waals surface area contributed by atoms with Crippen LogP contribution >= 0.6 is 11.6 Å². The van der Waals surface area contributed by atoms with E-state index in [1.807, 2.05) is 24.3 Å². The van der Waals surface area contributed by atoms with Crippen molar-refractivity contribution >= 4 is 22.5 Å². The molecule has 0 saturated heterocycles. The topological polar surface area (TPSA) is 12.9 Å². The van der Waals surface area contributed by atoms with Crippen LogP contribution in [0.5, 0.6) is 0 Å². The minimum absolute atomic E-state index is 0.107. The molecule has 94 valence electrons. The van der Waals surface area contributed by atoms with Crippen molar-refractivity contribution < 1.29 is 8.78 Å². The van der Waals surface area contributed by atoms with E-state index in [0.29, 0.717) is 5.56 Å². The fourth-order valence-electron chi connectivity index (χ4n) is 2.00. The normalized spacial score (nSPS) is 10.9. The highest BCUT2D eigenvalue weighted by Crippen LogP contribution is 2.31. The number of pyridine rings is 1. The Bertz CT molecular complexity index is 771. The van der Waals surface area contributed by atoms with E-state index in [-0.39, 0.29) is 10.6 Å². The Balaban J connectivity index is 2.27. The summed E-state index contributed by atoms with van der Waals surface area (Å²) in [5, 5.41) is 0.711. The lowest BCUT2D eigenvalue weighted by Crippen LogP contribution is -1.92. The SMILES string of the molecule is Fc1ccc(Cl)c(F)c1-c1cnc2ccccc2c1. The molecular formula is C15H8ClF2N. The Morgan fingerprint density at radius 2 is 1.79 bits per heavy atom. The van der Waals surface area contributed by atoms with Crippen molar-refractivity contribution in [3.05, 3.63) is 65.3 Å². The van der Waals surface area contributed by atoms with Crippen LogP contribution in [0.1, 0.15) is 0 Å². The number of rotatable bonds is 1.